The zero-order valence-electron chi connectivity index (χ0n) is 15.8. The third-order valence-electron chi connectivity index (χ3n) is 5.58. The van der Waals surface area contributed by atoms with E-state index in [0.717, 1.165) is 48.7 Å². The lowest BCUT2D eigenvalue weighted by Crippen LogP contribution is -2.35. The molecule has 140 valence electrons. The van der Waals surface area contributed by atoms with Gasteiger partial charge in [-0.2, -0.15) is 0 Å². The molecule has 4 heteroatoms. The maximum atomic E-state index is 12.1. The van der Waals surface area contributed by atoms with Crippen LogP contribution in [0.15, 0.2) is 30.3 Å². The van der Waals surface area contributed by atoms with Crippen molar-refractivity contribution >= 4 is 16.7 Å². The van der Waals surface area contributed by atoms with Gasteiger partial charge in [0.1, 0.15) is 5.75 Å². The lowest BCUT2D eigenvalue weighted by molar-refractivity contribution is 0.0697. The highest BCUT2D eigenvalue weighted by Gasteiger charge is 2.25. The van der Waals surface area contributed by atoms with E-state index in [4.69, 9.17) is 4.74 Å². The van der Waals surface area contributed by atoms with Gasteiger partial charge in [0, 0.05) is 5.56 Å². The largest absolute Gasteiger partial charge is 0.496 e. The van der Waals surface area contributed by atoms with Gasteiger partial charge in [-0.3, -0.25) is 0 Å². The maximum absolute atomic E-state index is 12.1. The van der Waals surface area contributed by atoms with Crippen LogP contribution in [0.3, 0.4) is 0 Å². The molecule has 0 atom stereocenters. The molecule has 3 rings (SSSR count). The summed E-state index contributed by atoms with van der Waals surface area (Å²) in [5, 5.41) is 11.6. The third-order valence-corrected chi connectivity index (χ3v) is 5.58. The van der Waals surface area contributed by atoms with E-state index in [1.54, 1.807) is 7.11 Å². The summed E-state index contributed by atoms with van der Waals surface area (Å²) in [6, 6.07) is 9.65. The molecule has 0 spiro atoms. The predicted molar refractivity (Wildman–Crippen MR) is 105 cm³/mol. The standard InChI is InChI=1S/C22H29NO3/c1-3-4-11-23-12-9-16(10-13-23)14-19-20(26-2)15-17-7-5-6-8-18(17)21(19)22(24)25/h5-8,15-16H,3-4,9-14H2,1-2H3,(H,24,25). The molecule has 0 amide bonds. The molecular formula is C22H29NO3. The summed E-state index contributed by atoms with van der Waals surface area (Å²) in [7, 11) is 1.63. The van der Waals surface area contributed by atoms with Crippen molar-refractivity contribution in [3.63, 3.8) is 0 Å². The monoisotopic (exact) mass is 355 g/mol. The van der Waals surface area contributed by atoms with Crippen molar-refractivity contribution in [1.82, 2.24) is 4.90 Å². The van der Waals surface area contributed by atoms with E-state index in [2.05, 4.69) is 11.8 Å². The summed E-state index contributed by atoms with van der Waals surface area (Å²) in [6.45, 7) is 5.64. The van der Waals surface area contributed by atoms with Crippen LogP contribution in [-0.2, 0) is 6.42 Å². The number of carboxylic acids is 1. The molecule has 1 fully saturated rings. The Bertz CT molecular complexity index is 763. The number of carbonyl (C=O) groups is 1. The number of ether oxygens (including phenoxy) is 1. The van der Waals surface area contributed by atoms with Crippen LogP contribution in [-0.4, -0.2) is 42.7 Å². The maximum Gasteiger partial charge on any atom is 0.336 e. The molecule has 0 bridgehead atoms. The summed E-state index contributed by atoms with van der Waals surface area (Å²) in [5.74, 6) is 0.353. The van der Waals surface area contributed by atoms with Crippen LogP contribution in [0, 0.1) is 5.92 Å². The molecule has 4 nitrogen and oxygen atoms in total. The summed E-state index contributed by atoms with van der Waals surface area (Å²) in [4.78, 5) is 14.6. The fraction of sp³-hybridized carbons (Fsp3) is 0.500. The quantitative estimate of drug-likeness (QED) is 0.788. The van der Waals surface area contributed by atoms with Crippen molar-refractivity contribution in [2.45, 2.75) is 39.0 Å². The first kappa shape index (κ1) is 18.7. The normalized spacial score (nSPS) is 16.1. The molecule has 1 aliphatic heterocycles. The van der Waals surface area contributed by atoms with Crippen LogP contribution < -0.4 is 4.74 Å². The first-order chi connectivity index (χ1) is 12.6. The van der Waals surface area contributed by atoms with Gasteiger partial charge in [-0.15, -0.1) is 0 Å². The summed E-state index contributed by atoms with van der Waals surface area (Å²) in [5.41, 5.74) is 1.26. The van der Waals surface area contributed by atoms with E-state index >= 15 is 0 Å². The zero-order chi connectivity index (χ0) is 18.5. The van der Waals surface area contributed by atoms with E-state index in [1.165, 1.54) is 19.4 Å². The van der Waals surface area contributed by atoms with Crippen molar-refractivity contribution in [2.75, 3.05) is 26.7 Å². The van der Waals surface area contributed by atoms with Crippen LogP contribution in [0.5, 0.6) is 5.75 Å². The summed E-state index contributed by atoms with van der Waals surface area (Å²) >= 11 is 0. The first-order valence-electron chi connectivity index (χ1n) is 9.68. The molecule has 1 N–H and O–H groups in total. The number of nitrogens with zero attached hydrogens (tertiary/aromatic N) is 1. The average Bonchev–Trinajstić information content (AvgIpc) is 2.66. The number of fused-ring (bicyclic) bond motifs is 1. The average molecular weight is 355 g/mol. The second-order valence-corrected chi connectivity index (χ2v) is 7.30. The molecule has 1 saturated heterocycles. The Morgan fingerprint density at radius 3 is 2.65 bits per heavy atom. The number of hydrogen-bond acceptors (Lipinski definition) is 3. The SMILES string of the molecule is CCCCN1CCC(Cc2c(OC)cc3ccccc3c2C(=O)O)CC1. The highest BCUT2D eigenvalue weighted by Crippen LogP contribution is 2.35. The van der Waals surface area contributed by atoms with Crippen molar-refractivity contribution in [2.24, 2.45) is 5.92 Å². The lowest BCUT2D eigenvalue weighted by Gasteiger charge is -2.32. The number of benzene rings is 2. The van der Waals surface area contributed by atoms with Crippen LogP contribution in [0.1, 0.15) is 48.5 Å². The molecule has 0 aromatic heterocycles. The topological polar surface area (TPSA) is 49.8 Å². The Balaban J connectivity index is 1.85. The number of carboxylic acid groups (broad SMARTS) is 1. The van der Waals surface area contributed by atoms with Gasteiger partial charge in [0.2, 0.25) is 0 Å². The first-order valence-corrected chi connectivity index (χ1v) is 9.68. The number of piperidine rings is 1. The van der Waals surface area contributed by atoms with E-state index < -0.39 is 5.97 Å². The minimum atomic E-state index is -0.865. The Morgan fingerprint density at radius 1 is 1.27 bits per heavy atom. The fourth-order valence-electron chi connectivity index (χ4n) is 4.08. The second kappa shape index (κ2) is 8.54. The molecule has 0 radical (unpaired) electrons. The van der Waals surface area contributed by atoms with Crippen molar-refractivity contribution < 1.29 is 14.6 Å². The Hall–Kier alpha value is -2.07. The van der Waals surface area contributed by atoms with Gasteiger partial charge in [-0.1, -0.05) is 37.6 Å². The molecule has 1 heterocycles. The molecule has 0 saturated carbocycles. The van der Waals surface area contributed by atoms with Gasteiger partial charge in [0.15, 0.2) is 0 Å². The third kappa shape index (κ3) is 4.01. The molecule has 0 aliphatic carbocycles. The molecule has 0 unspecified atom stereocenters. The second-order valence-electron chi connectivity index (χ2n) is 7.30. The minimum Gasteiger partial charge on any atom is -0.496 e. The van der Waals surface area contributed by atoms with Gasteiger partial charge in [0.05, 0.1) is 12.7 Å². The lowest BCUT2D eigenvalue weighted by atomic mass is 9.86. The fourth-order valence-corrected chi connectivity index (χ4v) is 4.08. The van der Waals surface area contributed by atoms with Crippen molar-refractivity contribution in [3.8, 4) is 5.75 Å². The Morgan fingerprint density at radius 2 is 2.00 bits per heavy atom. The smallest absolute Gasteiger partial charge is 0.336 e. The molecule has 2 aromatic rings. The Labute approximate surface area is 155 Å². The zero-order valence-corrected chi connectivity index (χ0v) is 15.8. The van der Waals surface area contributed by atoms with Gasteiger partial charge in [-0.25, -0.2) is 4.79 Å². The highest BCUT2D eigenvalue weighted by molar-refractivity contribution is 6.06. The predicted octanol–water partition coefficient (Wildman–Crippen LogP) is 4.60. The van der Waals surface area contributed by atoms with E-state index in [0.29, 0.717) is 17.2 Å². The number of unbranched alkanes of at least 4 members (excludes halogenated alkanes) is 1. The number of likely N-dealkylation sites (tertiary alicyclic amines) is 1. The van der Waals surface area contributed by atoms with Gasteiger partial charge in [0.25, 0.3) is 0 Å². The van der Waals surface area contributed by atoms with Gasteiger partial charge < -0.3 is 14.7 Å². The number of hydrogen-bond donors (Lipinski definition) is 1. The van der Waals surface area contributed by atoms with Crippen molar-refractivity contribution in [1.29, 1.82) is 0 Å². The number of methoxy groups -OCH3 is 1. The van der Waals surface area contributed by atoms with Crippen LogP contribution in [0.2, 0.25) is 0 Å². The molecular weight excluding hydrogens is 326 g/mol. The number of rotatable bonds is 7. The molecule has 2 aromatic carbocycles. The molecule has 26 heavy (non-hydrogen) atoms. The van der Waals surface area contributed by atoms with E-state index in [9.17, 15) is 9.90 Å². The van der Waals surface area contributed by atoms with E-state index in [1.807, 2.05) is 30.3 Å². The highest BCUT2D eigenvalue weighted by atomic mass is 16.5. The van der Waals surface area contributed by atoms with Gasteiger partial charge in [-0.05, 0) is 68.1 Å². The van der Waals surface area contributed by atoms with Crippen LogP contribution in [0.4, 0.5) is 0 Å². The summed E-state index contributed by atoms with van der Waals surface area (Å²) in [6.07, 6.45) is 5.51. The van der Waals surface area contributed by atoms with Gasteiger partial charge >= 0.3 is 5.97 Å². The van der Waals surface area contributed by atoms with Crippen molar-refractivity contribution in [3.05, 3.63) is 41.5 Å². The minimum absolute atomic E-state index is 0.411. The number of aromatic carboxylic acids is 1. The molecule has 1 aliphatic rings. The van der Waals surface area contributed by atoms with E-state index in [-0.39, 0.29) is 0 Å². The Kier molecular flexibility index (Phi) is 6.15. The van der Waals surface area contributed by atoms with Crippen LogP contribution in [0.25, 0.3) is 10.8 Å². The van der Waals surface area contributed by atoms with Crippen LogP contribution >= 0.6 is 0 Å². The summed E-state index contributed by atoms with van der Waals surface area (Å²) < 4.78 is 5.59.